The van der Waals surface area contributed by atoms with E-state index >= 15 is 0 Å². The summed E-state index contributed by atoms with van der Waals surface area (Å²) in [5, 5.41) is 8.69. The average molecular weight is 300 g/mol. The van der Waals surface area contributed by atoms with Gasteiger partial charge in [-0.1, -0.05) is 19.1 Å². The van der Waals surface area contributed by atoms with Crippen LogP contribution in [0.15, 0.2) is 36.4 Å². The number of hydrogen-bond donors (Lipinski definition) is 1. The second-order valence-electron chi connectivity index (χ2n) is 5.04. The molecule has 4 heteroatoms. The van der Waals surface area contributed by atoms with E-state index in [0.717, 1.165) is 22.6 Å². The quantitative estimate of drug-likeness (QED) is 0.877. The Morgan fingerprint density at radius 1 is 1.24 bits per heavy atom. The summed E-state index contributed by atoms with van der Waals surface area (Å²) in [6.45, 7) is 4.15. The van der Waals surface area contributed by atoms with Crippen molar-refractivity contribution in [3.8, 4) is 11.8 Å². The van der Waals surface area contributed by atoms with E-state index in [4.69, 9.17) is 15.7 Å². The van der Waals surface area contributed by atoms with Crippen molar-refractivity contribution >= 4 is 11.3 Å². The number of aryl methyl sites for hydroxylation is 1. The zero-order valence-electron chi connectivity index (χ0n) is 12.4. The summed E-state index contributed by atoms with van der Waals surface area (Å²) in [6.07, 6.45) is 1.15. The highest BCUT2D eigenvalue weighted by molar-refractivity contribution is 7.12. The highest BCUT2D eigenvalue weighted by Crippen LogP contribution is 2.30. The molecule has 0 bridgehead atoms. The predicted molar refractivity (Wildman–Crippen MR) is 86.5 cm³/mol. The van der Waals surface area contributed by atoms with Crippen molar-refractivity contribution in [2.75, 3.05) is 0 Å². The molecule has 0 fully saturated rings. The van der Waals surface area contributed by atoms with E-state index in [9.17, 15) is 0 Å². The van der Waals surface area contributed by atoms with E-state index in [1.54, 1.807) is 11.3 Å². The van der Waals surface area contributed by atoms with Gasteiger partial charge >= 0.3 is 0 Å². The predicted octanol–water partition coefficient (Wildman–Crippen LogP) is 3.98. The summed E-state index contributed by atoms with van der Waals surface area (Å²) < 4.78 is 6.10. The molecule has 0 amide bonds. The number of hydrogen-bond acceptors (Lipinski definition) is 4. The number of nitrogens with two attached hydrogens (primary N) is 1. The van der Waals surface area contributed by atoms with Crippen molar-refractivity contribution in [1.82, 2.24) is 0 Å². The molecule has 0 radical (unpaired) electrons. The third-order valence-electron chi connectivity index (χ3n) is 3.37. The third-order valence-corrected chi connectivity index (χ3v) is 4.43. The van der Waals surface area contributed by atoms with Gasteiger partial charge in [0.2, 0.25) is 0 Å². The first kappa shape index (κ1) is 15.6. The minimum Gasteiger partial charge on any atom is -0.483 e. The maximum atomic E-state index is 8.69. The molecule has 1 aromatic carbocycles. The topological polar surface area (TPSA) is 59.0 Å². The Bertz CT molecular complexity index is 612. The van der Waals surface area contributed by atoms with Crippen LogP contribution in [0.1, 0.15) is 34.8 Å². The minimum atomic E-state index is -0.129. The van der Waals surface area contributed by atoms with Gasteiger partial charge in [-0.15, -0.1) is 11.3 Å². The number of rotatable bonds is 6. The molecule has 110 valence electrons. The molecule has 0 saturated heterocycles. The largest absolute Gasteiger partial charge is 0.483 e. The molecule has 0 saturated carbocycles. The lowest BCUT2D eigenvalue weighted by atomic mass is 10.1. The van der Waals surface area contributed by atoms with Gasteiger partial charge < -0.3 is 10.5 Å². The van der Waals surface area contributed by atoms with Crippen molar-refractivity contribution < 1.29 is 4.74 Å². The van der Waals surface area contributed by atoms with Crippen LogP contribution in [0, 0.1) is 18.3 Å². The molecular formula is C17H20N2OS. The van der Waals surface area contributed by atoms with Gasteiger partial charge in [-0.3, -0.25) is 0 Å². The Balaban J connectivity index is 2.17. The first-order chi connectivity index (χ1) is 10.1. The van der Waals surface area contributed by atoms with E-state index in [1.165, 1.54) is 4.88 Å². The Labute approximate surface area is 130 Å². The van der Waals surface area contributed by atoms with Gasteiger partial charge in [0.05, 0.1) is 12.5 Å². The Morgan fingerprint density at radius 3 is 2.48 bits per heavy atom. The smallest absolute Gasteiger partial charge is 0.148 e. The van der Waals surface area contributed by atoms with Gasteiger partial charge in [-0.25, -0.2) is 0 Å². The summed E-state index contributed by atoms with van der Waals surface area (Å²) in [7, 11) is 0. The molecule has 2 unspecified atom stereocenters. The first-order valence-electron chi connectivity index (χ1n) is 7.08. The van der Waals surface area contributed by atoms with Crippen molar-refractivity contribution in [3.05, 3.63) is 51.7 Å². The van der Waals surface area contributed by atoms with E-state index in [2.05, 4.69) is 32.0 Å². The zero-order chi connectivity index (χ0) is 15.2. The maximum absolute atomic E-state index is 8.69. The second kappa shape index (κ2) is 7.26. The molecule has 3 nitrogen and oxygen atoms in total. The average Bonchev–Trinajstić information content (AvgIpc) is 2.92. The fourth-order valence-corrected chi connectivity index (χ4v) is 3.08. The van der Waals surface area contributed by atoms with Gasteiger partial charge in [0.1, 0.15) is 11.9 Å². The van der Waals surface area contributed by atoms with Crippen LogP contribution in [-0.4, -0.2) is 6.04 Å². The Hall–Kier alpha value is -1.83. The number of benzene rings is 1. The van der Waals surface area contributed by atoms with Crippen LogP contribution in [0.3, 0.4) is 0 Å². The van der Waals surface area contributed by atoms with Gasteiger partial charge in [0.25, 0.3) is 0 Å². The van der Waals surface area contributed by atoms with E-state index in [1.807, 2.05) is 24.3 Å². The molecule has 2 atom stereocenters. The molecular weight excluding hydrogens is 280 g/mol. The summed E-state index contributed by atoms with van der Waals surface area (Å²) in [4.78, 5) is 2.41. The van der Waals surface area contributed by atoms with Crippen molar-refractivity contribution in [3.63, 3.8) is 0 Å². The zero-order valence-corrected chi connectivity index (χ0v) is 13.2. The number of nitriles is 1. The number of nitrogens with zero attached hydrogens (tertiary/aromatic N) is 1. The molecule has 0 spiro atoms. The molecule has 0 aliphatic heterocycles. The van der Waals surface area contributed by atoms with Crippen LogP contribution in [0.2, 0.25) is 0 Å². The third kappa shape index (κ3) is 4.07. The second-order valence-corrected chi connectivity index (χ2v) is 6.36. The van der Waals surface area contributed by atoms with Crippen molar-refractivity contribution in [1.29, 1.82) is 5.26 Å². The maximum Gasteiger partial charge on any atom is 0.148 e. The fourth-order valence-electron chi connectivity index (χ4n) is 2.10. The molecule has 2 aromatic rings. The Morgan fingerprint density at radius 2 is 1.95 bits per heavy atom. The van der Waals surface area contributed by atoms with Crippen molar-refractivity contribution in [2.24, 2.45) is 5.73 Å². The van der Waals surface area contributed by atoms with Gasteiger partial charge in [-0.2, -0.15) is 5.26 Å². The summed E-state index contributed by atoms with van der Waals surface area (Å²) in [5.41, 5.74) is 7.22. The molecule has 1 aromatic heterocycles. The normalized spacial score (nSPS) is 13.4. The highest BCUT2D eigenvalue weighted by atomic mass is 32.1. The van der Waals surface area contributed by atoms with E-state index in [-0.39, 0.29) is 12.1 Å². The summed E-state index contributed by atoms with van der Waals surface area (Å²) >= 11 is 1.72. The monoisotopic (exact) mass is 300 g/mol. The van der Waals surface area contributed by atoms with Crippen LogP contribution in [0.5, 0.6) is 5.75 Å². The fraction of sp³-hybridized carbons (Fsp3) is 0.353. The van der Waals surface area contributed by atoms with Crippen LogP contribution in [0.25, 0.3) is 0 Å². The van der Waals surface area contributed by atoms with Crippen molar-refractivity contribution in [2.45, 2.75) is 38.8 Å². The summed E-state index contributed by atoms with van der Waals surface area (Å²) in [5.74, 6) is 0.789. The minimum absolute atomic E-state index is 0.0400. The van der Waals surface area contributed by atoms with Crippen LogP contribution >= 0.6 is 11.3 Å². The molecule has 1 heterocycles. The van der Waals surface area contributed by atoms with Crippen LogP contribution in [0.4, 0.5) is 0 Å². The lowest BCUT2D eigenvalue weighted by molar-refractivity contribution is 0.174. The highest BCUT2D eigenvalue weighted by Gasteiger charge is 2.22. The summed E-state index contributed by atoms with van der Waals surface area (Å²) in [6, 6.07) is 13.9. The first-order valence-corrected chi connectivity index (χ1v) is 7.90. The van der Waals surface area contributed by atoms with Gasteiger partial charge in [-0.05, 0) is 43.2 Å². The molecule has 2 rings (SSSR count). The Kier molecular flexibility index (Phi) is 5.38. The lowest BCUT2D eigenvalue weighted by Crippen LogP contribution is -2.30. The van der Waals surface area contributed by atoms with E-state index in [0.29, 0.717) is 6.42 Å². The molecule has 0 aliphatic carbocycles. The lowest BCUT2D eigenvalue weighted by Gasteiger charge is -2.23. The van der Waals surface area contributed by atoms with Gasteiger partial charge in [0.15, 0.2) is 0 Å². The number of ether oxygens (including phenoxy) is 1. The molecule has 21 heavy (non-hydrogen) atoms. The number of thiophene rings is 1. The van der Waals surface area contributed by atoms with Gasteiger partial charge in [0, 0.05) is 15.8 Å². The molecule has 2 N–H and O–H groups in total. The van der Waals surface area contributed by atoms with Crippen LogP contribution < -0.4 is 10.5 Å². The standard InChI is InChI=1S/C17H20N2OS/c1-3-15(19)17(16-9-4-12(2)21-16)20-14-7-5-13(6-8-14)10-11-18/h4-9,15,17H,3,10,19H2,1-2H3. The van der Waals surface area contributed by atoms with Crippen LogP contribution in [-0.2, 0) is 6.42 Å². The SMILES string of the molecule is CCC(N)C(Oc1ccc(CC#N)cc1)c1ccc(C)s1. The van der Waals surface area contributed by atoms with E-state index < -0.39 is 0 Å². The molecule has 0 aliphatic rings.